The number of nitrogens with one attached hydrogen (secondary N) is 1. The molecule has 2 rings (SSSR count). The van der Waals surface area contributed by atoms with E-state index in [4.69, 9.17) is 9.47 Å². The van der Waals surface area contributed by atoms with Gasteiger partial charge in [-0.2, -0.15) is 5.26 Å². The zero-order valence-electron chi connectivity index (χ0n) is 16.4. The summed E-state index contributed by atoms with van der Waals surface area (Å²) in [5, 5.41) is 12.2. The molecule has 0 aromatic heterocycles. The van der Waals surface area contributed by atoms with Crippen LogP contribution < -0.4 is 10.1 Å². The summed E-state index contributed by atoms with van der Waals surface area (Å²) in [6.45, 7) is 5.72. The van der Waals surface area contributed by atoms with Crippen LogP contribution in [0.4, 0.5) is 5.69 Å². The maximum Gasteiger partial charge on any atom is 0.344 e. The summed E-state index contributed by atoms with van der Waals surface area (Å²) in [6.07, 6.45) is 1.51. The Bertz CT molecular complexity index is 993. The second-order valence-electron chi connectivity index (χ2n) is 6.15. The number of esters is 1. The normalized spacial score (nSPS) is 10.8. The Balaban J connectivity index is 2.15. The van der Waals surface area contributed by atoms with E-state index >= 15 is 0 Å². The third kappa shape index (κ3) is 6.32. The molecule has 0 unspecified atom stereocenters. The molecule has 0 fully saturated rings. The Kier molecular flexibility index (Phi) is 8.21. The quantitative estimate of drug-likeness (QED) is 0.262. The zero-order valence-corrected chi connectivity index (χ0v) is 18.6. The number of ether oxygens (including phenoxy) is 2. The van der Waals surface area contributed by atoms with Crippen molar-refractivity contribution >= 4 is 46.2 Å². The molecule has 0 aliphatic carbocycles. The van der Waals surface area contributed by atoms with Crippen LogP contribution in [0.3, 0.4) is 0 Å². The Morgan fingerprint density at radius 3 is 2.66 bits per heavy atom. The molecule has 7 heteroatoms. The van der Waals surface area contributed by atoms with E-state index in [-0.39, 0.29) is 12.2 Å². The molecular formula is C22H21IN2O4. The monoisotopic (exact) mass is 504 g/mol. The Morgan fingerprint density at radius 2 is 2.00 bits per heavy atom. The van der Waals surface area contributed by atoms with Gasteiger partial charge in [-0.3, -0.25) is 4.79 Å². The van der Waals surface area contributed by atoms with E-state index in [0.717, 1.165) is 14.7 Å². The van der Waals surface area contributed by atoms with Gasteiger partial charge in [-0.15, -0.1) is 0 Å². The average Bonchev–Trinajstić information content (AvgIpc) is 2.69. The highest BCUT2D eigenvalue weighted by atomic mass is 127. The highest BCUT2D eigenvalue weighted by Crippen LogP contribution is 2.24. The first kappa shape index (κ1) is 22.4. The number of carbonyl (C=O) groups excluding carboxylic acids is 2. The molecule has 150 valence electrons. The number of rotatable bonds is 7. The van der Waals surface area contributed by atoms with Crippen molar-refractivity contribution < 1.29 is 19.1 Å². The van der Waals surface area contributed by atoms with E-state index < -0.39 is 11.9 Å². The van der Waals surface area contributed by atoms with Crippen LogP contribution in [0, 0.1) is 28.7 Å². The fourth-order valence-corrected chi connectivity index (χ4v) is 3.15. The summed E-state index contributed by atoms with van der Waals surface area (Å²) in [5.74, 6) is -0.393. The lowest BCUT2D eigenvalue weighted by molar-refractivity contribution is -0.145. The first-order valence-corrected chi connectivity index (χ1v) is 10.0. The fourth-order valence-electron chi connectivity index (χ4n) is 2.45. The van der Waals surface area contributed by atoms with E-state index in [1.54, 1.807) is 31.2 Å². The third-order valence-corrected chi connectivity index (χ3v) is 4.98. The maximum atomic E-state index is 12.5. The summed E-state index contributed by atoms with van der Waals surface area (Å²) in [5.41, 5.74) is 3.34. The molecule has 1 amide bonds. The summed E-state index contributed by atoms with van der Waals surface area (Å²) < 4.78 is 11.0. The molecule has 1 N–H and O–H groups in total. The van der Waals surface area contributed by atoms with E-state index in [0.29, 0.717) is 23.6 Å². The van der Waals surface area contributed by atoms with Gasteiger partial charge in [0.2, 0.25) is 0 Å². The van der Waals surface area contributed by atoms with Crippen LogP contribution >= 0.6 is 22.6 Å². The fraction of sp³-hybridized carbons (Fsp3) is 0.227. The molecule has 0 atom stereocenters. The average molecular weight is 504 g/mol. The van der Waals surface area contributed by atoms with Gasteiger partial charge < -0.3 is 14.8 Å². The molecule has 0 bridgehead atoms. The first-order valence-electron chi connectivity index (χ1n) is 8.93. The van der Waals surface area contributed by atoms with Crippen molar-refractivity contribution in [3.05, 3.63) is 62.2 Å². The lowest BCUT2D eigenvalue weighted by atomic mass is 10.1. The number of nitrogens with zero attached hydrogens (tertiary/aromatic N) is 1. The van der Waals surface area contributed by atoms with Crippen LogP contribution in [0.15, 0.2) is 42.0 Å². The van der Waals surface area contributed by atoms with Gasteiger partial charge in [0, 0.05) is 5.69 Å². The topological polar surface area (TPSA) is 88.4 Å². The second-order valence-corrected chi connectivity index (χ2v) is 7.32. The first-order chi connectivity index (χ1) is 13.8. The van der Waals surface area contributed by atoms with E-state index in [2.05, 4.69) is 27.9 Å². The van der Waals surface area contributed by atoms with Crippen molar-refractivity contribution in [2.75, 3.05) is 18.5 Å². The molecule has 0 aliphatic heterocycles. The number of hydrogen-bond acceptors (Lipinski definition) is 5. The SMILES string of the molecule is CCOC(=O)COc1ccc(/C=C(\C#N)C(=O)Nc2cccc(C)c2C)cc1I. The predicted octanol–water partition coefficient (Wildman–Crippen LogP) is 4.40. The summed E-state index contributed by atoms with van der Waals surface area (Å²) in [7, 11) is 0. The summed E-state index contributed by atoms with van der Waals surface area (Å²) in [6, 6.07) is 12.7. The maximum absolute atomic E-state index is 12.5. The van der Waals surface area contributed by atoms with Crippen LogP contribution in [0.5, 0.6) is 5.75 Å². The molecule has 0 saturated heterocycles. The van der Waals surface area contributed by atoms with Gasteiger partial charge >= 0.3 is 5.97 Å². The standard InChI is InChI=1S/C22H21IN2O4/c1-4-28-21(26)13-29-20-9-8-16(11-18(20)23)10-17(12-24)22(27)25-19-7-5-6-14(2)15(19)3/h5-11H,4,13H2,1-3H3,(H,25,27)/b17-10+. The summed E-state index contributed by atoms with van der Waals surface area (Å²) in [4.78, 5) is 23.9. The minimum absolute atomic E-state index is 0.0121. The van der Waals surface area contributed by atoms with E-state index in [1.165, 1.54) is 6.08 Å². The van der Waals surface area contributed by atoms with Gasteiger partial charge in [-0.1, -0.05) is 18.2 Å². The van der Waals surface area contributed by atoms with Gasteiger partial charge in [-0.05, 0) is 84.3 Å². The highest BCUT2D eigenvalue weighted by molar-refractivity contribution is 14.1. The molecular weight excluding hydrogens is 483 g/mol. The molecule has 6 nitrogen and oxygen atoms in total. The van der Waals surface area contributed by atoms with Gasteiger partial charge in [0.25, 0.3) is 5.91 Å². The molecule has 0 heterocycles. The van der Waals surface area contributed by atoms with Crippen molar-refractivity contribution in [3.63, 3.8) is 0 Å². The Morgan fingerprint density at radius 1 is 1.24 bits per heavy atom. The van der Waals surface area contributed by atoms with Crippen molar-refractivity contribution in [1.29, 1.82) is 5.26 Å². The number of amides is 1. The van der Waals surface area contributed by atoms with E-state index in [9.17, 15) is 14.9 Å². The smallest absolute Gasteiger partial charge is 0.344 e. The predicted molar refractivity (Wildman–Crippen MR) is 119 cm³/mol. The third-order valence-electron chi connectivity index (χ3n) is 4.14. The number of carbonyl (C=O) groups is 2. The number of hydrogen-bond donors (Lipinski definition) is 1. The minimum Gasteiger partial charge on any atom is -0.481 e. The van der Waals surface area contributed by atoms with Crippen molar-refractivity contribution in [1.82, 2.24) is 0 Å². The molecule has 29 heavy (non-hydrogen) atoms. The molecule has 0 aliphatic rings. The Hall–Kier alpha value is -2.86. The second kappa shape index (κ2) is 10.6. The Labute approximate surface area is 183 Å². The molecule has 0 radical (unpaired) electrons. The largest absolute Gasteiger partial charge is 0.481 e. The van der Waals surface area contributed by atoms with Crippen LogP contribution in [0.1, 0.15) is 23.6 Å². The van der Waals surface area contributed by atoms with Crippen LogP contribution in [0.25, 0.3) is 6.08 Å². The molecule has 0 saturated carbocycles. The van der Waals surface area contributed by atoms with Crippen LogP contribution in [-0.4, -0.2) is 25.1 Å². The number of aryl methyl sites for hydroxylation is 1. The van der Waals surface area contributed by atoms with Crippen LogP contribution in [-0.2, 0) is 14.3 Å². The van der Waals surface area contributed by atoms with Crippen molar-refractivity contribution in [2.24, 2.45) is 0 Å². The number of halogens is 1. The van der Waals surface area contributed by atoms with E-state index in [1.807, 2.05) is 32.0 Å². The van der Waals surface area contributed by atoms with Gasteiger partial charge in [0.15, 0.2) is 6.61 Å². The lowest BCUT2D eigenvalue weighted by Crippen LogP contribution is -2.15. The number of anilines is 1. The minimum atomic E-state index is -0.473. The zero-order chi connectivity index (χ0) is 21.4. The van der Waals surface area contributed by atoms with Crippen molar-refractivity contribution in [2.45, 2.75) is 20.8 Å². The molecule has 2 aromatic rings. The number of benzene rings is 2. The molecule has 0 spiro atoms. The van der Waals surface area contributed by atoms with Gasteiger partial charge in [0.05, 0.1) is 10.2 Å². The van der Waals surface area contributed by atoms with Crippen LogP contribution in [0.2, 0.25) is 0 Å². The van der Waals surface area contributed by atoms with Crippen molar-refractivity contribution in [3.8, 4) is 11.8 Å². The lowest BCUT2D eigenvalue weighted by Gasteiger charge is -2.10. The highest BCUT2D eigenvalue weighted by Gasteiger charge is 2.12. The van der Waals surface area contributed by atoms with Gasteiger partial charge in [0.1, 0.15) is 17.4 Å². The molecule has 2 aromatic carbocycles. The summed E-state index contributed by atoms with van der Waals surface area (Å²) >= 11 is 2.07. The van der Waals surface area contributed by atoms with Gasteiger partial charge in [-0.25, -0.2) is 4.79 Å². The number of nitriles is 1.